The summed E-state index contributed by atoms with van der Waals surface area (Å²) in [5, 5.41) is 4.51. The lowest BCUT2D eigenvalue weighted by Gasteiger charge is -2.28. The Kier molecular flexibility index (Phi) is 4.27. The summed E-state index contributed by atoms with van der Waals surface area (Å²) in [5.74, 6) is 1.01. The van der Waals surface area contributed by atoms with Crippen LogP contribution in [-0.4, -0.2) is 31.1 Å². The fraction of sp³-hybridized carbons (Fsp3) is 0.643. The van der Waals surface area contributed by atoms with E-state index in [0.29, 0.717) is 12.3 Å². The van der Waals surface area contributed by atoms with E-state index in [1.54, 1.807) is 0 Å². The number of imidazole rings is 1. The Balaban J connectivity index is 2.71. The van der Waals surface area contributed by atoms with Crippen molar-refractivity contribution in [1.82, 2.24) is 19.3 Å². The van der Waals surface area contributed by atoms with E-state index in [1.165, 1.54) is 0 Å². The first-order valence-electron chi connectivity index (χ1n) is 7.09. The molecule has 1 amide bonds. The van der Waals surface area contributed by atoms with Gasteiger partial charge in [0.1, 0.15) is 11.3 Å². The number of hydrogen-bond donors (Lipinski definition) is 1. The smallest absolute Gasteiger partial charge is 0.219 e. The molecule has 0 aliphatic carbocycles. The Bertz CT molecular complexity index is 670. The molecule has 6 nitrogen and oxygen atoms in total. The normalized spacial score (nSPS) is 12.2. The van der Waals surface area contributed by atoms with E-state index < -0.39 is 5.54 Å². The zero-order chi connectivity index (χ0) is 15.8. The second kappa shape index (κ2) is 5.67. The number of nitrogens with zero attached hydrogens (tertiary/aromatic N) is 4. The van der Waals surface area contributed by atoms with Crippen molar-refractivity contribution in [3.63, 3.8) is 0 Å². The van der Waals surface area contributed by atoms with Crippen molar-refractivity contribution in [3.8, 4) is 0 Å². The number of carbonyl (C=O) groups excluding carboxylic acids is 1. The molecule has 0 spiro atoms. The van der Waals surface area contributed by atoms with Crippen LogP contribution < -0.4 is 5.73 Å². The number of primary amides is 1. The second-order valence-corrected chi connectivity index (χ2v) is 6.23. The van der Waals surface area contributed by atoms with Crippen molar-refractivity contribution in [2.24, 2.45) is 12.8 Å². The van der Waals surface area contributed by atoms with Gasteiger partial charge in [0.2, 0.25) is 5.91 Å². The lowest BCUT2D eigenvalue weighted by Crippen LogP contribution is -2.34. The Morgan fingerprint density at radius 3 is 2.62 bits per heavy atom. The van der Waals surface area contributed by atoms with Crippen LogP contribution in [0.2, 0.25) is 0 Å². The van der Waals surface area contributed by atoms with Crippen LogP contribution >= 0.6 is 11.6 Å². The van der Waals surface area contributed by atoms with Crippen LogP contribution in [0.15, 0.2) is 0 Å². The van der Waals surface area contributed by atoms with Crippen LogP contribution in [0.5, 0.6) is 0 Å². The molecule has 0 saturated carbocycles. The lowest BCUT2D eigenvalue weighted by atomic mass is 9.99. The molecule has 21 heavy (non-hydrogen) atoms. The van der Waals surface area contributed by atoms with Crippen LogP contribution in [0.25, 0.3) is 11.2 Å². The predicted octanol–water partition coefficient (Wildman–Crippen LogP) is 1.72. The third-order valence-electron chi connectivity index (χ3n) is 3.64. The molecule has 0 unspecified atom stereocenters. The summed E-state index contributed by atoms with van der Waals surface area (Å²) >= 11 is 5.90. The number of halogens is 1. The van der Waals surface area contributed by atoms with Crippen molar-refractivity contribution in [1.29, 1.82) is 0 Å². The number of rotatable bonds is 6. The minimum Gasteiger partial charge on any atom is -0.370 e. The van der Waals surface area contributed by atoms with Crippen molar-refractivity contribution >= 4 is 28.7 Å². The third kappa shape index (κ3) is 2.77. The van der Waals surface area contributed by atoms with Crippen LogP contribution in [-0.2, 0) is 30.2 Å². The number of amides is 1. The Morgan fingerprint density at radius 2 is 2.10 bits per heavy atom. The van der Waals surface area contributed by atoms with Crippen LogP contribution in [0.4, 0.5) is 0 Å². The van der Waals surface area contributed by atoms with E-state index in [1.807, 2.05) is 25.6 Å². The van der Waals surface area contributed by atoms with Crippen LogP contribution in [0.1, 0.15) is 38.7 Å². The fourth-order valence-corrected chi connectivity index (χ4v) is 3.03. The maximum atomic E-state index is 11.4. The van der Waals surface area contributed by atoms with Gasteiger partial charge in [0.05, 0.1) is 11.2 Å². The Hall–Kier alpha value is -1.56. The highest BCUT2D eigenvalue weighted by Gasteiger charge is 2.30. The van der Waals surface area contributed by atoms with E-state index in [-0.39, 0.29) is 12.3 Å². The van der Waals surface area contributed by atoms with Crippen molar-refractivity contribution in [2.45, 2.75) is 45.6 Å². The number of alkyl halides is 1. The van der Waals surface area contributed by atoms with Gasteiger partial charge < -0.3 is 10.3 Å². The SMILES string of the molecule is CCc1nn(C)c2c1nc(CCCl)n2C(C)(C)CC(N)=O. The van der Waals surface area contributed by atoms with Crippen molar-refractivity contribution < 1.29 is 4.79 Å². The molecule has 0 fully saturated rings. The topological polar surface area (TPSA) is 78.7 Å². The lowest BCUT2D eigenvalue weighted by molar-refractivity contribution is -0.119. The zero-order valence-corrected chi connectivity index (χ0v) is 13.7. The van der Waals surface area contributed by atoms with Gasteiger partial charge in [-0.05, 0) is 20.3 Å². The minimum atomic E-state index is -0.471. The molecule has 0 aromatic carbocycles. The van der Waals surface area contributed by atoms with Gasteiger partial charge in [-0.1, -0.05) is 6.92 Å². The molecule has 0 aliphatic rings. The first-order chi connectivity index (χ1) is 9.81. The van der Waals surface area contributed by atoms with E-state index in [0.717, 1.165) is 29.1 Å². The molecule has 116 valence electrons. The van der Waals surface area contributed by atoms with Crippen molar-refractivity contribution in [3.05, 3.63) is 11.5 Å². The molecule has 2 rings (SSSR count). The van der Waals surface area contributed by atoms with E-state index in [2.05, 4.69) is 16.6 Å². The van der Waals surface area contributed by atoms with Gasteiger partial charge in [0.15, 0.2) is 5.65 Å². The summed E-state index contributed by atoms with van der Waals surface area (Å²) in [5.41, 5.74) is 7.69. The molecule has 2 N–H and O–H groups in total. The number of aromatic nitrogens is 4. The van der Waals surface area contributed by atoms with Crippen molar-refractivity contribution in [2.75, 3.05) is 5.88 Å². The highest BCUT2D eigenvalue weighted by molar-refractivity contribution is 6.17. The van der Waals surface area contributed by atoms with E-state index in [4.69, 9.17) is 22.3 Å². The molecule has 0 aliphatic heterocycles. The average molecular weight is 312 g/mol. The molecule has 2 aromatic rings. The third-order valence-corrected chi connectivity index (χ3v) is 3.83. The summed E-state index contributed by atoms with van der Waals surface area (Å²) < 4.78 is 3.88. The number of hydrogen-bond acceptors (Lipinski definition) is 3. The maximum absolute atomic E-state index is 11.4. The Morgan fingerprint density at radius 1 is 1.43 bits per heavy atom. The summed E-state index contributed by atoms with van der Waals surface area (Å²) in [6, 6.07) is 0. The molecule has 2 heterocycles. The van der Waals surface area contributed by atoms with Crippen LogP contribution in [0.3, 0.4) is 0 Å². The summed E-state index contributed by atoms with van der Waals surface area (Å²) in [6.45, 7) is 6.01. The molecule has 2 aromatic heterocycles. The largest absolute Gasteiger partial charge is 0.370 e. The molecule has 0 bridgehead atoms. The van der Waals surface area contributed by atoms with Crippen LogP contribution in [0, 0.1) is 0 Å². The Labute approximate surface area is 129 Å². The van der Waals surface area contributed by atoms with Gasteiger partial charge in [-0.2, -0.15) is 5.10 Å². The fourth-order valence-electron chi connectivity index (χ4n) is 2.86. The average Bonchev–Trinajstić information content (AvgIpc) is 2.86. The second-order valence-electron chi connectivity index (χ2n) is 5.85. The molecule has 0 atom stereocenters. The molecule has 0 saturated heterocycles. The van der Waals surface area contributed by atoms with Gasteiger partial charge in [0.25, 0.3) is 0 Å². The minimum absolute atomic E-state index is 0.236. The van der Waals surface area contributed by atoms with Gasteiger partial charge in [-0.15, -0.1) is 11.6 Å². The maximum Gasteiger partial charge on any atom is 0.219 e. The van der Waals surface area contributed by atoms with Gasteiger partial charge >= 0.3 is 0 Å². The highest BCUT2D eigenvalue weighted by Crippen LogP contribution is 2.29. The standard InChI is InChI=1S/C14H22ClN5O/c1-5-9-12-13(19(4)18-9)20(11(17-12)6-7-15)14(2,3)8-10(16)21/h5-8H2,1-4H3,(H2,16,21). The highest BCUT2D eigenvalue weighted by atomic mass is 35.5. The number of aryl methyl sites for hydroxylation is 3. The van der Waals surface area contributed by atoms with Gasteiger partial charge in [0, 0.05) is 25.8 Å². The summed E-state index contributed by atoms with van der Waals surface area (Å²) in [6.07, 6.45) is 1.69. The molecule has 7 heteroatoms. The summed E-state index contributed by atoms with van der Waals surface area (Å²) in [4.78, 5) is 16.1. The number of carbonyl (C=O) groups is 1. The molecule has 0 radical (unpaired) electrons. The first kappa shape index (κ1) is 15.8. The quantitative estimate of drug-likeness (QED) is 0.825. The number of fused-ring (bicyclic) bond motifs is 1. The first-order valence-corrected chi connectivity index (χ1v) is 7.63. The van der Waals surface area contributed by atoms with E-state index >= 15 is 0 Å². The molecular weight excluding hydrogens is 290 g/mol. The van der Waals surface area contributed by atoms with Gasteiger partial charge in [-0.25, -0.2) is 4.98 Å². The summed E-state index contributed by atoms with van der Waals surface area (Å²) in [7, 11) is 1.89. The van der Waals surface area contributed by atoms with E-state index in [9.17, 15) is 4.79 Å². The predicted molar refractivity (Wildman–Crippen MR) is 83.4 cm³/mol. The number of nitrogens with two attached hydrogens (primary N) is 1. The zero-order valence-electron chi connectivity index (χ0n) is 13.0. The van der Waals surface area contributed by atoms with Gasteiger partial charge in [-0.3, -0.25) is 9.48 Å². The monoisotopic (exact) mass is 311 g/mol. The molecular formula is C14H22ClN5O.